The first-order valence-corrected chi connectivity index (χ1v) is 10.6. The van der Waals surface area contributed by atoms with Gasteiger partial charge in [0.2, 0.25) is 0 Å². The SMILES string of the molecule is CCOc1ccc(C(=O)CN(c2nccs2)S(=O)(=O)c2ccccc2)cc1. The second kappa shape index (κ2) is 8.32. The maximum absolute atomic E-state index is 13.1. The van der Waals surface area contributed by atoms with Gasteiger partial charge in [-0.05, 0) is 43.3 Å². The summed E-state index contributed by atoms with van der Waals surface area (Å²) < 4.78 is 32.5. The second-order valence-electron chi connectivity index (χ2n) is 5.52. The van der Waals surface area contributed by atoms with Crippen molar-refractivity contribution in [3.05, 3.63) is 71.7 Å². The number of benzene rings is 2. The van der Waals surface area contributed by atoms with E-state index in [4.69, 9.17) is 4.74 Å². The van der Waals surface area contributed by atoms with Crippen molar-refractivity contribution in [3.8, 4) is 5.75 Å². The highest BCUT2D eigenvalue weighted by Gasteiger charge is 2.29. The maximum Gasteiger partial charge on any atom is 0.266 e. The number of hydrogen-bond donors (Lipinski definition) is 0. The summed E-state index contributed by atoms with van der Waals surface area (Å²) >= 11 is 1.16. The highest BCUT2D eigenvalue weighted by Crippen LogP contribution is 2.26. The number of hydrogen-bond acceptors (Lipinski definition) is 6. The summed E-state index contributed by atoms with van der Waals surface area (Å²) in [5.41, 5.74) is 0.406. The van der Waals surface area contributed by atoms with Crippen molar-refractivity contribution in [1.82, 2.24) is 4.98 Å². The topological polar surface area (TPSA) is 76.6 Å². The predicted octanol–water partition coefficient (Wildman–Crippen LogP) is 3.62. The van der Waals surface area contributed by atoms with Gasteiger partial charge in [0.05, 0.1) is 11.5 Å². The van der Waals surface area contributed by atoms with Crippen molar-refractivity contribution >= 4 is 32.3 Å². The smallest absolute Gasteiger partial charge is 0.266 e. The van der Waals surface area contributed by atoms with Crippen LogP contribution < -0.4 is 9.04 Å². The fourth-order valence-electron chi connectivity index (χ4n) is 2.44. The van der Waals surface area contributed by atoms with Crippen molar-refractivity contribution in [2.24, 2.45) is 0 Å². The lowest BCUT2D eigenvalue weighted by molar-refractivity contribution is 0.100. The standard InChI is InChI=1S/C19H18N2O4S2/c1-2-25-16-10-8-15(9-11-16)18(22)14-21(19-20-12-13-26-19)27(23,24)17-6-4-3-5-7-17/h3-13H,2,14H2,1H3. The highest BCUT2D eigenvalue weighted by atomic mass is 32.2. The van der Waals surface area contributed by atoms with Gasteiger partial charge in [-0.3, -0.25) is 4.79 Å². The van der Waals surface area contributed by atoms with Crippen LogP contribution in [0.5, 0.6) is 5.75 Å². The molecule has 0 aliphatic rings. The molecule has 0 aliphatic carbocycles. The van der Waals surface area contributed by atoms with Gasteiger partial charge in [0, 0.05) is 17.1 Å². The number of carbonyl (C=O) groups excluding carboxylic acids is 1. The van der Waals surface area contributed by atoms with Crippen LogP contribution in [-0.2, 0) is 10.0 Å². The Balaban J connectivity index is 1.90. The van der Waals surface area contributed by atoms with Crippen molar-refractivity contribution in [3.63, 3.8) is 0 Å². The van der Waals surface area contributed by atoms with E-state index >= 15 is 0 Å². The number of sulfonamides is 1. The normalized spacial score (nSPS) is 11.1. The number of thiazole rings is 1. The summed E-state index contributed by atoms with van der Waals surface area (Å²) in [5.74, 6) is 0.329. The van der Waals surface area contributed by atoms with Gasteiger partial charge in [-0.2, -0.15) is 0 Å². The summed E-state index contributed by atoms with van der Waals surface area (Å²) in [4.78, 5) is 16.9. The molecule has 3 aromatic rings. The minimum Gasteiger partial charge on any atom is -0.494 e. The van der Waals surface area contributed by atoms with Crippen LogP contribution in [0.1, 0.15) is 17.3 Å². The molecule has 0 saturated carbocycles. The molecule has 0 atom stereocenters. The molecule has 6 nitrogen and oxygen atoms in total. The molecule has 1 aromatic heterocycles. The van der Waals surface area contributed by atoms with Crippen LogP contribution >= 0.6 is 11.3 Å². The van der Waals surface area contributed by atoms with E-state index in [0.29, 0.717) is 17.9 Å². The largest absolute Gasteiger partial charge is 0.494 e. The minimum atomic E-state index is -3.91. The highest BCUT2D eigenvalue weighted by molar-refractivity contribution is 7.93. The zero-order valence-corrected chi connectivity index (χ0v) is 16.2. The lowest BCUT2D eigenvalue weighted by Crippen LogP contribution is -2.35. The summed E-state index contributed by atoms with van der Waals surface area (Å²) in [6.07, 6.45) is 1.51. The van der Waals surface area contributed by atoms with Crippen molar-refractivity contribution in [1.29, 1.82) is 0 Å². The lowest BCUT2D eigenvalue weighted by atomic mass is 10.1. The van der Waals surface area contributed by atoms with E-state index in [0.717, 1.165) is 15.6 Å². The van der Waals surface area contributed by atoms with Crippen LogP contribution in [0.25, 0.3) is 0 Å². The molecule has 0 aliphatic heterocycles. The monoisotopic (exact) mass is 402 g/mol. The quantitative estimate of drug-likeness (QED) is 0.538. The zero-order valence-electron chi connectivity index (χ0n) is 14.6. The summed E-state index contributed by atoms with van der Waals surface area (Å²) in [6, 6.07) is 14.6. The van der Waals surface area contributed by atoms with Gasteiger partial charge in [0.25, 0.3) is 10.0 Å². The zero-order chi connectivity index (χ0) is 19.3. The third kappa shape index (κ3) is 4.35. The Morgan fingerprint density at radius 1 is 1.11 bits per heavy atom. The third-order valence-electron chi connectivity index (χ3n) is 3.74. The lowest BCUT2D eigenvalue weighted by Gasteiger charge is -2.21. The molecule has 0 spiro atoms. The fourth-order valence-corrected chi connectivity index (χ4v) is 4.71. The Bertz CT molecular complexity index is 986. The van der Waals surface area contributed by atoms with Crippen LogP contribution in [0.3, 0.4) is 0 Å². The van der Waals surface area contributed by atoms with Gasteiger partial charge >= 0.3 is 0 Å². The predicted molar refractivity (Wildman–Crippen MR) is 105 cm³/mol. The summed E-state index contributed by atoms with van der Waals surface area (Å²) in [7, 11) is -3.91. The molecule has 3 rings (SSSR count). The molecule has 0 saturated heterocycles. The third-order valence-corrected chi connectivity index (χ3v) is 6.40. The average molecular weight is 402 g/mol. The molecule has 27 heavy (non-hydrogen) atoms. The molecule has 0 bridgehead atoms. The van der Waals surface area contributed by atoms with E-state index in [9.17, 15) is 13.2 Å². The van der Waals surface area contributed by atoms with Gasteiger partial charge in [0.15, 0.2) is 10.9 Å². The van der Waals surface area contributed by atoms with E-state index in [1.807, 2.05) is 6.92 Å². The molecular weight excluding hydrogens is 384 g/mol. The molecule has 0 N–H and O–H groups in total. The summed E-state index contributed by atoms with van der Waals surface area (Å²) in [5, 5.41) is 1.92. The molecule has 0 unspecified atom stereocenters. The van der Waals surface area contributed by atoms with Gasteiger partial charge in [-0.15, -0.1) is 11.3 Å². The van der Waals surface area contributed by atoms with Crippen LogP contribution in [-0.4, -0.2) is 32.3 Å². The molecule has 0 radical (unpaired) electrons. The Labute approximate surface area is 162 Å². The molecule has 0 amide bonds. The van der Waals surface area contributed by atoms with Crippen LogP contribution in [0.15, 0.2) is 71.1 Å². The van der Waals surface area contributed by atoms with Crippen LogP contribution in [0, 0.1) is 0 Å². The van der Waals surface area contributed by atoms with E-state index < -0.39 is 10.0 Å². The Hall–Kier alpha value is -2.71. The first-order valence-electron chi connectivity index (χ1n) is 8.25. The molecule has 8 heteroatoms. The number of nitrogens with zero attached hydrogens (tertiary/aromatic N) is 2. The van der Waals surface area contributed by atoms with Gasteiger partial charge in [-0.1, -0.05) is 18.2 Å². The number of ketones is 1. The van der Waals surface area contributed by atoms with E-state index in [1.165, 1.54) is 18.3 Å². The first kappa shape index (κ1) is 19.1. The number of Topliss-reactive ketones (excluding diaryl/α,β-unsaturated/α-hetero) is 1. The average Bonchev–Trinajstić information content (AvgIpc) is 3.21. The van der Waals surface area contributed by atoms with E-state index in [-0.39, 0.29) is 22.4 Å². The first-order chi connectivity index (χ1) is 13.0. The number of anilines is 1. The Morgan fingerprint density at radius 3 is 2.41 bits per heavy atom. The minimum absolute atomic E-state index is 0.111. The van der Waals surface area contributed by atoms with Gasteiger partial charge in [-0.25, -0.2) is 17.7 Å². The number of ether oxygens (including phenoxy) is 1. The second-order valence-corrected chi connectivity index (χ2v) is 8.26. The van der Waals surface area contributed by atoms with E-state index in [1.54, 1.807) is 47.8 Å². The van der Waals surface area contributed by atoms with Gasteiger partial charge in [0.1, 0.15) is 12.3 Å². The van der Waals surface area contributed by atoms with E-state index in [2.05, 4.69) is 4.98 Å². The van der Waals surface area contributed by atoms with Crippen molar-refractivity contribution < 1.29 is 17.9 Å². The van der Waals surface area contributed by atoms with Crippen molar-refractivity contribution in [2.45, 2.75) is 11.8 Å². The molecule has 2 aromatic carbocycles. The van der Waals surface area contributed by atoms with Crippen molar-refractivity contribution in [2.75, 3.05) is 17.5 Å². The maximum atomic E-state index is 13.1. The number of carbonyl (C=O) groups is 1. The van der Waals surface area contributed by atoms with Crippen LogP contribution in [0.2, 0.25) is 0 Å². The Morgan fingerprint density at radius 2 is 1.81 bits per heavy atom. The molecule has 1 heterocycles. The Kier molecular flexibility index (Phi) is 5.88. The number of rotatable bonds is 8. The molecule has 0 fully saturated rings. The molecular formula is C19H18N2O4S2. The number of aromatic nitrogens is 1. The van der Waals surface area contributed by atoms with Gasteiger partial charge < -0.3 is 4.74 Å². The fraction of sp³-hybridized carbons (Fsp3) is 0.158. The van der Waals surface area contributed by atoms with Crippen LogP contribution in [0.4, 0.5) is 5.13 Å². The summed E-state index contributed by atoms with van der Waals surface area (Å²) in [6.45, 7) is 2.07. The molecule has 140 valence electrons.